The number of aliphatic carboxylic acids is 1. The Kier molecular flexibility index (Phi) is 3.23. The summed E-state index contributed by atoms with van der Waals surface area (Å²) in [6.07, 6.45) is 5.40. The van der Waals surface area contributed by atoms with Gasteiger partial charge in [0.25, 0.3) is 5.91 Å². The second-order valence-corrected chi connectivity index (χ2v) is 5.60. The van der Waals surface area contributed by atoms with Gasteiger partial charge in [-0.1, -0.05) is 5.16 Å². The van der Waals surface area contributed by atoms with Gasteiger partial charge in [-0.05, 0) is 39.0 Å². The summed E-state index contributed by atoms with van der Waals surface area (Å²) in [4.78, 5) is 25.3. The monoisotopic (exact) mass is 278 g/mol. The Morgan fingerprint density at radius 3 is 2.70 bits per heavy atom. The zero-order valence-electron chi connectivity index (χ0n) is 11.5. The van der Waals surface area contributed by atoms with Crippen molar-refractivity contribution in [3.8, 4) is 0 Å². The fourth-order valence-corrected chi connectivity index (χ4v) is 2.80. The third-order valence-corrected chi connectivity index (χ3v) is 4.10. The van der Waals surface area contributed by atoms with Gasteiger partial charge in [-0.25, -0.2) is 4.79 Å². The first-order valence-electron chi connectivity index (χ1n) is 7.12. The Labute approximate surface area is 116 Å². The molecule has 1 heterocycles. The maximum atomic E-state index is 12.6. The van der Waals surface area contributed by atoms with Crippen molar-refractivity contribution < 1.29 is 19.2 Å². The molecular formula is C14H18N2O4. The highest BCUT2D eigenvalue weighted by atomic mass is 16.5. The Hall–Kier alpha value is -1.85. The minimum absolute atomic E-state index is 0.0320. The highest BCUT2D eigenvalue weighted by Crippen LogP contribution is 2.32. The number of carboxylic acid groups (broad SMARTS) is 1. The quantitative estimate of drug-likeness (QED) is 0.905. The van der Waals surface area contributed by atoms with E-state index < -0.39 is 12.0 Å². The molecule has 6 heteroatoms. The molecule has 1 amide bonds. The first-order valence-corrected chi connectivity index (χ1v) is 7.12. The molecule has 1 fully saturated rings. The number of hydrogen-bond donors (Lipinski definition) is 1. The zero-order valence-corrected chi connectivity index (χ0v) is 11.5. The van der Waals surface area contributed by atoms with E-state index in [-0.39, 0.29) is 11.9 Å². The van der Waals surface area contributed by atoms with Crippen LogP contribution in [0.4, 0.5) is 0 Å². The largest absolute Gasteiger partial charge is 0.480 e. The van der Waals surface area contributed by atoms with Crippen molar-refractivity contribution >= 4 is 11.9 Å². The molecule has 1 saturated carbocycles. The molecule has 0 bridgehead atoms. The SMILES string of the molecule is CC(C(=O)O)N(C(=O)c1noc2c1CCCC2)C1CC1. The molecule has 6 nitrogen and oxygen atoms in total. The van der Waals surface area contributed by atoms with Gasteiger partial charge in [0.2, 0.25) is 0 Å². The number of carbonyl (C=O) groups is 2. The molecule has 108 valence electrons. The van der Waals surface area contributed by atoms with Crippen LogP contribution in [0.25, 0.3) is 0 Å². The van der Waals surface area contributed by atoms with Gasteiger partial charge in [0.15, 0.2) is 5.69 Å². The molecule has 2 aliphatic rings. The van der Waals surface area contributed by atoms with E-state index in [0.717, 1.165) is 49.8 Å². The van der Waals surface area contributed by atoms with Crippen LogP contribution in [0.5, 0.6) is 0 Å². The Morgan fingerprint density at radius 1 is 1.35 bits per heavy atom. The molecule has 0 saturated heterocycles. The molecule has 0 spiro atoms. The number of amides is 1. The molecule has 0 aromatic carbocycles. The number of carbonyl (C=O) groups excluding carboxylic acids is 1. The van der Waals surface area contributed by atoms with Crippen LogP contribution in [-0.2, 0) is 17.6 Å². The lowest BCUT2D eigenvalue weighted by Gasteiger charge is -2.26. The standard InChI is InChI=1S/C14H18N2O4/c1-8(14(18)19)16(9-6-7-9)13(17)12-10-4-2-3-5-11(10)20-15-12/h8-9H,2-7H2,1H3,(H,18,19). The van der Waals surface area contributed by atoms with Gasteiger partial charge in [0.05, 0.1) is 0 Å². The predicted octanol–water partition coefficient (Wildman–Crippen LogP) is 1.63. The van der Waals surface area contributed by atoms with Crippen LogP contribution in [-0.4, -0.2) is 39.1 Å². The second-order valence-electron chi connectivity index (χ2n) is 5.60. The summed E-state index contributed by atoms with van der Waals surface area (Å²) in [6, 6.07) is -0.796. The maximum absolute atomic E-state index is 12.6. The van der Waals surface area contributed by atoms with Gasteiger partial charge in [0, 0.05) is 18.0 Å². The normalized spacial score (nSPS) is 19.2. The molecule has 1 N–H and O–H groups in total. The lowest BCUT2D eigenvalue weighted by molar-refractivity contribution is -0.141. The molecule has 1 unspecified atom stereocenters. The smallest absolute Gasteiger partial charge is 0.326 e. The third-order valence-electron chi connectivity index (χ3n) is 4.10. The minimum Gasteiger partial charge on any atom is -0.480 e. The molecule has 3 rings (SSSR count). The van der Waals surface area contributed by atoms with Gasteiger partial charge < -0.3 is 14.5 Å². The number of rotatable bonds is 4. The number of carboxylic acids is 1. The predicted molar refractivity (Wildman–Crippen MR) is 69.4 cm³/mol. The molecule has 1 atom stereocenters. The van der Waals surface area contributed by atoms with Crippen LogP contribution in [0, 0.1) is 0 Å². The van der Waals surface area contributed by atoms with Crippen LogP contribution in [0.3, 0.4) is 0 Å². The molecule has 1 aromatic heterocycles. The summed E-state index contributed by atoms with van der Waals surface area (Å²) < 4.78 is 5.25. The van der Waals surface area contributed by atoms with Crippen molar-refractivity contribution in [2.45, 2.75) is 57.5 Å². The third kappa shape index (κ3) is 2.19. The van der Waals surface area contributed by atoms with Crippen LogP contribution < -0.4 is 0 Å². The van der Waals surface area contributed by atoms with Gasteiger partial charge in [0.1, 0.15) is 11.8 Å². The number of aryl methyl sites for hydroxylation is 1. The van der Waals surface area contributed by atoms with Crippen LogP contribution >= 0.6 is 0 Å². The van der Waals surface area contributed by atoms with E-state index >= 15 is 0 Å². The summed E-state index contributed by atoms with van der Waals surface area (Å²) in [5.41, 5.74) is 1.20. The number of nitrogens with zero attached hydrogens (tertiary/aromatic N) is 2. The van der Waals surface area contributed by atoms with Crippen molar-refractivity contribution in [1.29, 1.82) is 0 Å². The highest BCUT2D eigenvalue weighted by molar-refractivity contribution is 5.96. The molecule has 0 aliphatic heterocycles. The molecule has 0 radical (unpaired) electrons. The Bertz CT molecular complexity index is 547. The first-order chi connectivity index (χ1) is 9.59. The average molecular weight is 278 g/mol. The molecule has 1 aromatic rings. The van der Waals surface area contributed by atoms with Crippen molar-refractivity contribution in [2.24, 2.45) is 0 Å². The Balaban J connectivity index is 1.90. The number of fused-ring (bicyclic) bond motifs is 1. The van der Waals surface area contributed by atoms with Crippen molar-refractivity contribution in [3.63, 3.8) is 0 Å². The lowest BCUT2D eigenvalue weighted by Crippen LogP contribution is -2.45. The average Bonchev–Trinajstić information content (AvgIpc) is 3.17. The van der Waals surface area contributed by atoms with Crippen LogP contribution in [0.1, 0.15) is 54.4 Å². The van der Waals surface area contributed by atoms with E-state index in [1.54, 1.807) is 6.92 Å². The molecule has 2 aliphatic carbocycles. The van der Waals surface area contributed by atoms with Crippen molar-refractivity contribution in [1.82, 2.24) is 10.1 Å². The van der Waals surface area contributed by atoms with Crippen LogP contribution in [0.15, 0.2) is 4.52 Å². The van der Waals surface area contributed by atoms with Crippen LogP contribution in [0.2, 0.25) is 0 Å². The topological polar surface area (TPSA) is 83.6 Å². The number of hydrogen-bond acceptors (Lipinski definition) is 4. The van der Waals surface area contributed by atoms with Gasteiger partial charge >= 0.3 is 5.97 Å². The molecule has 20 heavy (non-hydrogen) atoms. The Morgan fingerprint density at radius 2 is 2.05 bits per heavy atom. The first kappa shape index (κ1) is 13.1. The minimum atomic E-state index is -0.984. The summed E-state index contributed by atoms with van der Waals surface area (Å²) in [6.45, 7) is 1.55. The van der Waals surface area contributed by atoms with E-state index in [1.807, 2.05) is 0 Å². The van der Waals surface area contributed by atoms with Gasteiger partial charge in [-0.3, -0.25) is 4.79 Å². The van der Waals surface area contributed by atoms with E-state index in [4.69, 9.17) is 4.52 Å². The fraction of sp³-hybridized carbons (Fsp3) is 0.643. The lowest BCUT2D eigenvalue weighted by atomic mass is 9.96. The van der Waals surface area contributed by atoms with Gasteiger partial charge in [-0.2, -0.15) is 0 Å². The zero-order chi connectivity index (χ0) is 14.3. The fourth-order valence-electron chi connectivity index (χ4n) is 2.80. The summed E-state index contributed by atoms with van der Waals surface area (Å²) in [7, 11) is 0. The van der Waals surface area contributed by atoms with E-state index in [0.29, 0.717) is 5.69 Å². The summed E-state index contributed by atoms with van der Waals surface area (Å²) in [5.74, 6) is -0.491. The maximum Gasteiger partial charge on any atom is 0.326 e. The van der Waals surface area contributed by atoms with E-state index in [2.05, 4.69) is 5.16 Å². The van der Waals surface area contributed by atoms with Crippen molar-refractivity contribution in [3.05, 3.63) is 17.0 Å². The number of aromatic nitrogens is 1. The molecular weight excluding hydrogens is 260 g/mol. The van der Waals surface area contributed by atoms with Crippen molar-refractivity contribution in [2.75, 3.05) is 0 Å². The second kappa shape index (κ2) is 4.92. The van der Waals surface area contributed by atoms with E-state index in [9.17, 15) is 14.7 Å². The highest BCUT2D eigenvalue weighted by Gasteiger charge is 2.41. The van der Waals surface area contributed by atoms with Gasteiger partial charge in [-0.15, -0.1) is 0 Å². The summed E-state index contributed by atoms with van der Waals surface area (Å²) >= 11 is 0. The summed E-state index contributed by atoms with van der Waals surface area (Å²) in [5, 5.41) is 13.1. The van der Waals surface area contributed by atoms with E-state index in [1.165, 1.54) is 4.90 Å².